The largest absolute Gasteiger partial charge is 0.348 e. The Balaban J connectivity index is 1.81. The predicted molar refractivity (Wildman–Crippen MR) is 79.6 cm³/mol. The Morgan fingerprint density at radius 3 is 2.43 bits per heavy atom. The second-order valence-electron chi connectivity index (χ2n) is 4.62. The molecule has 1 unspecified atom stereocenters. The Kier molecular flexibility index (Phi) is 5.04. The van der Waals surface area contributed by atoms with Crippen LogP contribution in [-0.2, 0) is 4.79 Å². The smallest absolute Gasteiger partial charge is 0.251 e. The van der Waals surface area contributed by atoms with Crippen molar-refractivity contribution < 1.29 is 9.59 Å². The number of hydrogen-bond donors (Lipinski definition) is 2. The molecule has 0 aliphatic carbocycles. The van der Waals surface area contributed by atoms with Crippen LogP contribution < -0.4 is 10.6 Å². The van der Waals surface area contributed by atoms with Crippen LogP contribution in [0.5, 0.6) is 0 Å². The van der Waals surface area contributed by atoms with Crippen molar-refractivity contribution in [3.63, 3.8) is 0 Å². The van der Waals surface area contributed by atoms with E-state index in [9.17, 15) is 9.59 Å². The first kappa shape index (κ1) is 14.7. The quantitative estimate of drug-likeness (QED) is 0.877. The van der Waals surface area contributed by atoms with Gasteiger partial charge in [0.05, 0.1) is 12.6 Å². The van der Waals surface area contributed by atoms with Crippen LogP contribution in [0.1, 0.15) is 28.9 Å². The van der Waals surface area contributed by atoms with Gasteiger partial charge in [-0.25, -0.2) is 0 Å². The summed E-state index contributed by atoms with van der Waals surface area (Å²) in [5.41, 5.74) is 1.50. The van der Waals surface area contributed by atoms with Gasteiger partial charge in [-0.1, -0.05) is 18.2 Å². The molecule has 5 nitrogen and oxygen atoms in total. The van der Waals surface area contributed by atoms with Crippen molar-refractivity contribution in [2.24, 2.45) is 0 Å². The van der Waals surface area contributed by atoms with Crippen LogP contribution in [0.2, 0.25) is 0 Å². The van der Waals surface area contributed by atoms with Crippen LogP contribution >= 0.6 is 0 Å². The van der Waals surface area contributed by atoms with Crippen LogP contribution in [0.25, 0.3) is 0 Å². The lowest BCUT2D eigenvalue weighted by Crippen LogP contribution is -2.38. The molecule has 0 spiro atoms. The molecule has 0 aliphatic rings. The minimum Gasteiger partial charge on any atom is -0.348 e. The van der Waals surface area contributed by atoms with Gasteiger partial charge in [0.25, 0.3) is 5.91 Å². The Labute approximate surface area is 123 Å². The highest BCUT2D eigenvalue weighted by Crippen LogP contribution is 2.09. The molecular formula is C16H17N3O2. The van der Waals surface area contributed by atoms with Crippen molar-refractivity contribution in [3.05, 3.63) is 66.0 Å². The fraction of sp³-hybridized carbons (Fsp3) is 0.188. The van der Waals surface area contributed by atoms with E-state index in [4.69, 9.17) is 0 Å². The molecule has 0 saturated carbocycles. The summed E-state index contributed by atoms with van der Waals surface area (Å²) in [6, 6.07) is 12.3. The number of nitrogens with one attached hydrogen (secondary N) is 2. The molecule has 2 rings (SSSR count). The molecule has 0 bridgehead atoms. The molecule has 21 heavy (non-hydrogen) atoms. The number of rotatable bonds is 5. The van der Waals surface area contributed by atoms with Crippen molar-refractivity contribution in [1.82, 2.24) is 15.6 Å². The minimum atomic E-state index is -0.262. The third-order valence-electron chi connectivity index (χ3n) is 3.03. The zero-order valence-corrected chi connectivity index (χ0v) is 11.7. The van der Waals surface area contributed by atoms with Crippen molar-refractivity contribution in [1.29, 1.82) is 0 Å². The first-order valence-corrected chi connectivity index (χ1v) is 6.69. The lowest BCUT2D eigenvalue weighted by molar-refractivity contribution is -0.120. The molecule has 0 radical (unpaired) electrons. The Hall–Kier alpha value is -2.69. The van der Waals surface area contributed by atoms with Crippen LogP contribution in [0.3, 0.4) is 0 Å². The molecule has 5 heteroatoms. The molecule has 1 aromatic carbocycles. The average molecular weight is 283 g/mol. The molecule has 1 aromatic heterocycles. The molecule has 108 valence electrons. The lowest BCUT2D eigenvalue weighted by atomic mass is 10.1. The number of carbonyl (C=O) groups excluding carboxylic acids is 2. The molecular weight excluding hydrogens is 266 g/mol. The summed E-state index contributed by atoms with van der Waals surface area (Å²) < 4.78 is 0. The molecule has 1 atom stereocenters. The Bertz CT molecular complexity index is 599. The summed E-state index contributed by atoms with van der Waals surface area (Å²) in [6.45, 7) is 1.83. The third-order valence-corrected chi connectivity index (χ3v) is 3.03. The average Bonchev–Trinajstić information content (AvgIpc) is 2.54. The van der Waals surface area contributed by atoms with Crippen molar-refractivity contribution >= 4 is 11.8 Å². The van der Waals surface area contributed by atoms with E-state index in [0.29, 0.717) is 5.56 Å². The summed E-state index contributed by atoms with van der Waals surface area (Å²) in [4.78, 5) is 27.6. The highest BCUT2D eigenvalue weighted by molar-refractivity contribution is 5.96. The maximum absolute atomic E-state index is 11.8. The fourth-order valence-electron chi connectivity index (χ4n) is 1.88. The monoisotopic (exact) mass is 283 g/mol. The van der Waals surface area contributed by atoms with Gasteiger partial charge < -0.3 is 10.6 Å². The van der Waals surface area contributed by atoms with Gasteiger partial charge in [0, 0.05) is 18.0 Å². The molecule has 0 aliphatic heterocycles. The van der Waals surface area contributed by atoms with E-state index in [2.05, 4.69) is 15.6 Å². The molecule has 2 N–H and O–H groups in total. The number of amides is 2. The first-order valence-electron chi connectivity index (χ1n) is 6.69. The maximum atomic E-state index is 11.8. The van der Waals surface area contributed by atoms with Gasteiger partial charge in [-0.15, -0.1) is 0 Å². The van der Waals surface area contributed by atoms with Gasteiger partial charge in [0.15, 0.2) is 0 Å². The zero-order chi connectivity index (χ0) is 15.1. The standard InChI is InChI=1S/C16H17N3O2/c1-12(13-7-9-17-10-8-13)19-15(20)11-18-16(21)14-5-3-2-4-6-14/h2-10,12H,11H2,1H3,(H,18,21)(H,19,20). The second-order valence-corrected chi connectivity index (χ2v) is 4.62. The summed E-state index contributed by atoms with van der Waals surface area (Å²) in [5, 5.41) is 5.41. The van der Waals surface area contributed by atoms with E-state index in [1.54, 1.807) is 36.7 Å². The van der Waals surface area contributed by atoms with E-state index in [0.717, 1.165) is 5.56 Å². The summed E-state index contributed by atoms with van der Waals surface area (Å²) in [5.74, 6) is -0.495. The van der Waals surface area contributed by atoms with Gasteiger partial charge >= 0.3 is 0 Å². The second kappa shape index (κ2) is 7.19. The molecule has 0 saturated heterocycles. The van der Waals surface area contributed by atoms with Crippen LogP contribution in [0, 0.1) is 0 Å². The lowest BCUT2D eigenvalue weighted by Gasteiger charge is -2.14. The topological polar surface area (TPSA) is 71.1 Å². The number of nitrogens with zero attached hydrogens (tertiary/aromatic N) is 1. The fourth-order valence-corrected chi connectivity index (χ4v) is 1.88. The normalized spacial score (nSPS) is 11.5. The molecule has 0 fully saturated rings. The number of hydrogen-bond acceptors (Lipinski definition) is 3. The first-order chi connectivity index (χ1) is 10.2. The van der Waals surface area contributed by atoms with Crippen molar-refractivity contribution in [2.75, 3.05) is 6.54 Å². The van der Waals surface area contributed by atoms with Gasteiger partial charge in [0.2, 0.25) is 5.91 Å². The van der Waals surface area contributed by atoms with E-state index < -0.39 is 0 Å². The number of aromatic nitrogens is 1. The van der Waals surface area contributed by atoms with E-state index in [1.807, 2.05) is 25.1 Å². The van der Waals surface area contributed by atoms with Crippen LogP contribution in [0.4, 0.5) is 0 Å². The number of carbonyl (C=O) groups is 2. The highest BCUT2D eigenvalue weighted by Gasteiger charge is 2.11. The van der Waals surface area contributed by atoms with E-state index in [-0.39, 0.29) is 24.4 Å². The van der Waals surface area contributed by atoms with Gasteiger partial charge in [-0.3, -0.25) is 14.6 Å². The summed E-state index contributed by atoms with van der Waals surface area (Å²) >= 11 is 0. The van der Waals surface area contributed by atoms with Gasteiger partial charge in [0.1, 0.15) is 0 Å². The Morgan fingerprint density at radius 1 is 1.10 bits per heavy atom. The zero-order valence-electron chi connectivity index (χ0n) is 11.7. The third kappa shape index (κ3) is 4.42. The summed E-state index contributed by atoms with van der Waals surface area (Å²) in [6.07, 6.45) is 3.35. The predicted octanol–water partition coefficient (Wildman–Crippen LogP) is 1.69. The maximum Gasteiger partial charge on any atom is 0.251 e. The number of benzene rings is 1. The number of pyridine rings is 1. The molecule has 2 amide bonds. The van der Waals surface area contributed by atoms with E-state index >= 15 is 0 Å². The minimum absolute atomic E-state index is 0.0524. The Morgan fingerprint density at radius 2 is 1.76 bits per heavy atom. The molecule has 1 heterocycles. The van der Waals surface area contributed by atoms with Crippen LogP contribution in [0.15, 0.2) is 54.9 Å². The highest BCUT2D eigenvalue weighted by atomic mass is 16.2. The molecule has 2 aromatic rings. The van der Waals surface area contributed by atoms with Gasteiger partial charge in [-0.2, -0.15) is 0 Å². The van der Waals surface area contributed by atoms with Crippen molar-refractivity contribution in [2.45, 2.75) is 13.0 Å². The van der Waals surface area contributed by atoms with Crippen molar-refractivity contribution in [3.8, 4) is 0 Å². The summed E-state index contributed by atoms with van der Waals surface area (Å²) in [7, 11) is 0. The van der Waals surface area contributed by atoms with Gasteiger partial charge in [-0.05, 0) is 36.8 Å². The SMILES string of the molecule is CC(NC(=O)CNC(=O)c1ccccc1)c1ccncc1. The van der Waals surface area contributed by atoms with E-state index in [1.165, 1.54) is 0 Å². The van der Waals surface area contributed by atoms with Crippen LogP contribution in [-0.4, -0.2) is 23.3 Å².